The maximum atomic E-state index is 10.9. The van der Waals surface area contributed by atoms with Crippen LogP contribution in [-0.2, 0) is 23.1 Å². The molecule has 0 aliphatic carbocycles. The molecule has 1 aromatic rings. The van der Waals surface area contributed by atoms with Gasteiger partial charge in [0.25, 0.3) is 0 Å². The summed E-state index contributed by atoms with van der Waals surface area (Å²) in [6, 6.07) is 0. The summed E-state index contributed by atoms with van der Waals surface area (Å²) in [5.74, 6) is 0.881. The Kier molecular flexibility index (Phi) is 4.98. The van der Waals surface area contributed by atoms with Crippen molar-refractivity contribution in [2.75, 3.05) is 20.7 Å². The van der Waals surface area contributed by atoms with Crippen molar-refractivity contribution in [3.63, 3.8) is 0 Å². The van der Waals surface area contributed by atoms with Crippen LogP contribution in [0.5, 0.6) is 0 Å². The molecular weight excluding hydrogens is 206 g/mol. The topological polar surface area (TPSA) is 47.4 Å². The van der Waals surface area contributed by atoms with E-state index in [0.717, 1.165) is 25.3 Å². The van der Waals surface area contributed by atoms with Crippen molar-refractivity contribution in [3.8, 4) is 0 Å². The Morgan fingerprint density at radius 1 is 1.62 bits per heavy atom. The van der Waals surface area contributed by atoms with Gasteiger partial charge in [-0.15, -0.1) is 0 Å². The number of rotatable bonds is 6. The first-order chi connectivity index (χ1) is 7.63. The van der Waals surface area contributed by atoms with Crippen LogP contribution in [0.4, 0.5) is 0 Å². The van der Waals surface area contributed by atoms with Crippen LogP contribution in [0.1, 0.15) is 18.7 Å². The second-order valence-corrected chi connectivity index (χ2v) is 3.87. The van der Waals surface area contributed by atoms with Crippen molar-refractivity contribution >= 4 is 5.97 Å². The highest BCUT2D eigenvalue weighted by atomic mass is 16.5. The number of methoxy groups -OCH3 is 1. The van der Waals surface area contributed by atoms with Gasteiger partial charge in [0.1, 0.15) is 5.82 Å². The van der Waals surface area contributed by atoms with E-state index in [4.69, 9.17) is 0 Å². The number of esters is 1. The Bertz CT molecular complexity index is 336. The van der Waals surface area contributed by atoms with Gasteiger partial charge in [-0.1, -0.05) is 0 Å². The van der Waals surface area contributed by atoms with Crippen LogP contribution in [0.3, 0.4) is 0 Å². The van der Waals surface area contributed by atoms with Gasteiger partial charge in [0, 0.05) is 25.9 Å². The van der Waals surface area contributed by atoms with Crippen molar-refractivity contribution in [2.45, 2.75) is 19.4 Å². The fourth-order valence-corrected chi connectivity index (χ4v) is 1.46. The number of aromatic nitrogens is 2. The number of carbonyl (C=O) groups excluding carboxylic acids is 1. The molecule has 0 saturated heterocycles. The molecule has 0 aliphatic heterocycles. The third kappa shape index (κ3) is 4.02. The normalized spacial score (nSPS) is 10.8. The Morgan fingerprint density at radius 3 is 2.94 bits per heavy atom. The Balaban J connectivity index is 2.24. The molecule has 0 unspecified atom stereocenters. The quantitative estimate of drug-likeness (QED) is 0.672. The number of carbonyl (C=O) groups is 1. The first-order valence-electron chi connectivity index (χ1n) is 5.35. The maximum absolute atomic E-state index is 10.9. The molecule has 5 nitrogen and oxygen atoms in total. The van der Waals surface area contributed by atoms with Crippen molar-refractivity contribution < 1.29 is 9.53 Å². The standard InChI is InChI=1S/C11H19N3O2/c1-13(7-4-5-11(15)16-3)9-10-12-6-8-14(10)2/h6,8H,4-5,7,9H2,1-3H3. The van der Waals surface area contributed by atoms with E-state index in [-0.39, 0.29) is 5.97 Å². The summed E-state index contributed by atoms with van der Waals surface area (Å²) in [6.45, 7) is 1.66. The highest BCUT2D eigenvalue weighted by Crippen LogP contribution is 2.01. The van der Waals surface area contributed by atoms with Crippen LogP contribution in [0.15, 0.2) is 12.4 Å². The summed E-state index contributed by atoms with van der Waals surface area (Å²) in [6.07, 6.45) is 5.00. The summed E-state index contributed by atoms with van der Waals surface area (Å²) in [4.78, 5) is 17.3. The minimum absolute atomic E-state index is 0.148. The van der Waals surface area contributed by atoms with Crippen LogP contribution in [0.25, 0.3) is 0 Å². The lowest BCUT2D eigenvalue weighted by Gasteiger charge is -2.15. The van der Waals surface area contributed by atoms with Gasteiger partial charge in [-0.3, -0.25) is 9.69 Å². The second-order valence-electron chi connectivity index (χ2n) is 3.87. The lowest BCUT2D eigenvalue weighted by atomic mass is 10.3. The average molecular weight is 225 g/mol. The third-order valence-electron chi connectivity index (χ3n) is 2.48. The van der Waals surface area contributed by atoms with E-state index in [1.807, 2.05) is 24.9 Å². The smallest absolute Gasteiger partial charge is 0.305 e. The zero-order valence-corrected chi connectivity index (χ0v) is 10.1. The molecule has 1 heterocycles. The Morgan fingerprint density at radius 2 is 2.38 bits per heavy atom. The fourth-order valence-electron chi connectivity index (χ4n) is 1.46. The third-order valence-corrected chi connectivity index (χ3v) is 2.48. The van der Waals surface area contributed by atoms with Gasteiger partial charge < -0.3 is 9.30 Å². The minimum Gasteiger partial charge on any atom is -0.469 e. The Hall–Kier alpha value is -1.36. The van der Waals surface area contributed by atoms with Gasteiger partial charge in [-0.2, -0.15) is 0 Å². The van der Waals surface area contributed by atoms with Gasteiger partial charge in [-0.05, 0) is 20.0 Å². The van der Waals surface area contributed by atoms with Gasteiger partial charge in [0.05, 0.1) is 13.7 Å². The van der Waals surface area contributed by atoms with E-state index in [0.29, 0.717) is 6.42 Å². The summed E-state index contributed by atoms with van der Waals surface area (Å²) in [5.41, 5.74) is 0. The van der Waals surface area contributed by atoms with Gasteiger partial charge >= 0.3 is 5.97 Å². The maximum Gasteiger partial charge on any atom is 0.305 e. The lowest BCUT2D eigenvalue weighted by Crippen LogP contribution is -2.21. The fraction of sp³-hybridized carbons (Fsp3) is 0.636. The predicted octanol–water partition coefficient (Wildman–Crippen LogP) is 0.805. The number of imidazole rings is 1. The first kappa shape index (κ1) is 12.7. The molecule has 0 fully saturated rings. The number of nitrogens with zero attached hydrogens (tertiary/aromatic N) is 3. The highest BCUT2D eigenvalue weighted by molar-refractivity contribution is 5.69. The van der Waals surface area contributed by atoms with Crippen LogP contribution in [0.2, 0.25) is 0 Å². The van der Waals surface area contributed by atoms with Crippen molar-refractivity contribution in [3.05, 3.63) is 18.2 Å². The second kappa shape index (κ2) is 6.27. The van der Waals surface area contributed by atoms with Gasteiger partial charge in [-0.25, -0.2) is 4.98 Å². The SMILES string of the molecule is COC(=O)CCCN(C)Cc1nccn1C. The van der Waals surface area contributed by atoms with E-state index in [1.54, 1.807) is 6.20 Å². The van der Waals surface area contributed by atoms with Crippen molar-refractivity contribution in [2.24, 2.45) is 7.05 Å². The Labute approximate surface area is 96.0 Å². The van der Waals surface area contributed by atoms with Crippen LogP contribution >= 0.6 is 0 Å². The number of hydrogen-bond donors (Lipinski definition) is 0. The average Bonchev–Trinajstić information content (AvgIpc) is 2.64. The molecule has 0 aromatic carbocycles. The molecule has 1 rings (SSSR count). The molecule has 0 bridgehead atoms. The van der Waals surface area contributed by atoms with Crippen LogP contribution in [0, 0.1) is 0 Å². The summed E-state index contributed by atoms with van der Waals surface area (Å²) < 4.78 is 6.58. The minimum atomic E-state index is -0.148. The highest BCUT2D eigenvalue weighted by Gasteiger charge is 2.05. The van der Waals surface area contributed by atoms with Crippen LogP contribution in [-0.4, -0.2) is 41.1 Å². The molecule has 90 valence electrons. The summed E-state index contributed by atoms with van der Waals surface area (Å²) in [5, 5.41) is 0. The van der Waals surface area contributed by atoms with Crippen molar-refractivity contribution in [1.29, 1.82) is 0 Å². The number of hydrogen-bond acceptors (Lipinski definition) is 4. The molecule has 0 radical (unpaired) electrons. The molecule has 0 spiro atoms. The molecule has 0 atom stereocenters. The number of aryl methyl sites for hydroxylation is 1. The summed E-state index contributed by atoms with van der Waals surface area (Å²) in [7, 11) is 5.41. The largest absolute Gasteiger partial charge is 0.469 e. The van der Waals surface area contributed by atoms with E-state index in [2.05, 4.69) is 14.6 Å². The zero-order valence-electron chi connectivity index (χ0n) is 10.1. The molecular formula is C11H19N3O2. The monoisotopic (exact) mass is 225 g/mol. The first-order valence-corrected chi connectivity index (χ1v) is 5.35. The molecule has 0 aliphatic rings. The molecule has 0 N–H and O–H groups in total. The van der Waals surface area contributed by atoms with E-state index in [1.165, 1.54) is 7.11 Å². The predicted molar refractivity (Wildman–Crippen MR) is 60.8 cm³/mol. The molecule has 0 saturated carbocycles. The van der Waals surface area contributed by atoms with Gasteiger partial charge in [0.2, 0.25) is 0 Å². The van der Waals surface area contributed by atoms with Crippen LogP contribution < -0.4 is 0 Å². The van der Waals surface area contributed by atoms with E-state index in [9.17, 15) is 4.79 Å². The lowest BCUT2D eigenvalue weighted by molar-refractivity contribution is -0.140. The molecule has 0 amide bonds. The summed E-state index contributed by atoms with van der Waals surface area (Å²) >= 11 is 0. The van der Waals surface area contributed by atoms with Gasteiger partial charge in [0.15, 0.2) is 0 Å². The molecule has 1 aromatic heterocycles. The zero-order chi connectivity index (χ0) is 12.0. The molecule has 5 heteroatoms. The molecule has 16 heavy (non-hydrogen) atoms. The number of ether oxygens (including phenoxy) is 1. The van der Waals surface area contributed by atoms with E-state index < -0.39 is 0 Å². The van der Waals surface area contributed by atoms with E-state index >= 15 is 0 Å². The van der Waals surface area contributed by atoms with Crippen molar-refractivity contribution in [1.82, 2.24) is 14.5 Å².